The molecule has 0 saturated heterocycles. The number of hydrogen-bond acceptors (Lipinski definition) is 6. The van der Waals surface area contributed by atoms with Gasteiger partial charge in [0.15, 0.2) is 11.5 Å². The third kappa shape index (κ3) is 1.48. The molecular weight excluding hydrogens is 258 g/mol. The summed E-state index contributed by atoms with van der Waals surface area (Å²) in [5.41, 5.74) is 6.58. The van der Waals surface area contributed by atoms with Crippen molar-refractivity contribution in [3.63, 3.8) is 0 Å². The molecule has 7 nitrogen and oxygen atoms in total. The van der Waals surface area contributed by atoms with E-state index in [4.69, 9.17) is 17.3 Å². The number of nitrogen functional groups attached to an aromatic ring is 1. The Morgan fingerprint density at radius 2 is 2.06 bits per heavy atom. The third-order valence-corrected chi connectivity index (χ3v) is 3.32. The SMILES string of the molecule is Nc1ncnc2c1ncn2C1C(Cl)=CC(O)C1O. The first kappa shape index (κ1) is 11.4. The second-order valence-electron chi connectivity index (χ2n) is 4.06. The third-order valence-electron chi connectivity index (χ3n) is 2.97. The van der Waals surface area contributed by atoms with Gasteiger partial charge in [0.05, 0.1) is 6.33 Å². The van der Waals surface area contributed by atoms with Gasteiger partial charge in [-0.05, 0) is 6.08 Å². The van der Waals surface area contributed by atoms with Crippen molar-refractivity contribution in [2.24, 2.45) is 0 Å². The fourth-order valence-corrected chi connectivity index (χ4v) is 2.44. The highest BCUT2D eigenvalue weighted by atomic mass is 35.5. The van der Waals surface area contributed by atoms with Crippen molar-refractivity contribution in [3.8, 4) is 0 Å². The summed E-state index contributed by atoms with van der Waals surface area (Å²) in [5, 5.41) is 19.8. The van der Waals surface area contributed by atoms with Gasteiger partial charge in [-0.3, -0.25) is 0 Å². The summed E-state index contributed by atoms with van der Waals surface area (Å²) in [5.74, 6) is 0.256. The maximum Gasteiger partial charge on any atom is 0.166 e. The largest absolute Gasteiger partial charge is 0.388 e. The molecule has 0 bridgehead atoms. The van der Waals surface area contributed by atoms with Gasteiger partial charge in [-0.15, -0.1) is 0 Å². The summed E-state index contributed by atoms with van der Waals surface area (Å²) in [6.07, 6.45) is 2.14. The van der Waals surface area contributed by atoms with Crippen molar-refractivity contribution < 1.29 is 10.2 Å². The van der Waals surface area contributed by atoms with E-state index in [-0.39, 0.29) is 5.82 Å². The molecule has 4 N–H and O–H groups in total. The topological polar surface area (TPSA) is 110 Å². The molecule has 3 atom stereocenters. The van der Waals surface area contributed by atoms with Crippen LogP contribution in [0, 0.1) is 0 Å². The first-order chi connectivity index (χ1) is 8.59. The Balaban J connectivity index is 2.16. The van der Waals surface area contributed by atoms with Crippen molar-refractivity contribution in [3.05, 3.63) is 23.8 Å². The summed E-state index contributed by atoms with van der Waals surface area (Å²) < 4.78 is 1.58. The predicted octanol–water partition coefficient (Wildman–Crippen LogP) is -0.192. The van der Waals surface area contributed by atoms with Gasteiger partial charge in [-0.2, -0.15) is 0 Å². The number of nitrogens with two attached hydrogens (primary N) is 1. The van der Waals surface area contributed by atoms with Crippen molar-refractivity contribution in [1.29, 1.82) is 0 Å². The maximum atomic E-state index is 9.92. The first-order valence-electron chi connectivity index (χ1n) is 5.26. The summed E-state index contributed by atoms with van der Waals surface area (Å²) in [7, 11) is 0. The molecule has 2 aromatic heterocycles. The number of fused-ring (bicyclic) bond motifs is 1. The van der Waals surface area contributed by atoms with Gasteiger partial charge in [0, 0.05) is 5.03 Å². The van der Waals surface area contributed by atoms with E-state index in [0.29, 0.717) is 16.2 Å². The highest BCUT2D eigenvalue weighted by molar-refractivity contribution is 6.30. The van der Waals surface area contributed by atoms with Crippen molar-refractivity contribution in [2.75, 3.05) is 5.73 Å². The van der Waals surface area contributed by atoms with Crippen molar-refractivity contribution in [1.82, 2.24) is 19.5 Å². The highest BCUT2D eigenvalue weighted by Gasteiger charge is 2.36. The number of rotatable bonds is 1. The Labute approximate surface area is 107 Å². The van der Waals surface area contributed by atoms with Gasteiger partial charge in [0.1, 0.15) is 30.1 Å². The molecule has 8 heteroatoms. The van der Waals surface area contributed by atoms with Crippen LogP contribution >= 0.6 is 11.6 Å². The van der Waals surface area contributed by atoms with Gasteiger partial charge in [0.2, 0.25) is 0 Å². The summed E-state index contributed by atoms with van der Waals surface area (Å²) in [6, 6.07) is -0.610. The lowest BCUT2D eigenvalue weighted by atomic mass is 10.2. The van der Waals surface area contributed by atoms with Gasteiger partial charge in [0.25, 0.3) is 0 Å². The number of imidazole rings is 1. The Hall–Kier alpha value is -1.70. The molecule has 94 valence electrons. The monoisotopic (exact) mass is 267 g/mol. The summed E-state index contributed by atoms with van der Waals surface area (Å²) >= 11 is 6.02. The Morgan fingerprint density at radius 1 is 1.28 bits per heavy atom. The number of aromatic nitrogens is 4. The van der Waals surface area contributed by atoms with Gasteiger partial charge in [-0.25, -0.2) is 15.0 Å². The lowest BCUT2D eigenvalue weighted by Gasteiger charge is -2.19. The number of halogens is 1. The van der Waals surface area contributed by atoms with Crippen molar-refractivity contribution in [2.45, 2.75) is 18.2 Å². The number of anilines is 1. The first-order valence-corrected chi connectivity index (χ1v) is 5.63. The van der Waals surface area contributed by atoms with E-state index in [0.717, 1.165) is 0 Å². The lowest BCUT2D eigenvalue weighted by Crippen LogP contribution is -2.28. The quantitative estimate of drug-likeness (QED) is 0.660. The van der Waals surface area contributed by atoms with Crippen LogP contribution in [-0.4, -0.2) is 41.9 Å². The molecule has 0 spiro atoms. The molecule has 0 aromatic carbocycles. The molecule has 1 aliphatic rings. The van der Waals surface area contributed by atoms with E-state index in [9.17, 15) is 10.2 Å². The average Bonchev–Trinajstić information content (AvgIpc) is 2.84. The van der Waals surface area contributed by atoms with Crippen LogP contribution in [0.2, 0.25) is 0 Å². The van der Waals surface area contributed by atoms with E-state index >= 15 is 0 Å². The number of hydrogen-bond donors (Lipinski definition) is 3. The molecule has 18 heavy (non-hydrogen) atoms. The van der Waals surface area contributed by atoms with Crippen LogP contribution < -0.4 is 5.73 Å². The Morgan fingerprint density at radius 3 is 2.72 bits per heavy atom. The predicted molar refractivity (Wildman–Crippen MR) is 64.7 cm³/mol. The second-order valence-corrected chi connectivity index (χ2v) is 4.50. The summed E-state index contributed by atoms with van der Waals surface area (Å²) in [6.45, 7) is 0. The highest BCUT2D eigenvalue weighted by Crippen LogP contribution is 2.35. The van der Waals surface area contributed by atoms with E-state index in [1.54, 1.807) is 4.57 Å². The van der Waals surface area contributed by atoms with Gasteiger partial charge >= 0.3 is 0 Å². The van der Waals surface area contributed by atoms with Crippen LogP contribution in [0.15, 0.2) is 23.8 Å². The van der Waals surface area contributed by atoms with Crippen LogP contribution in [-0.2, 0) is 0 Å². The molecule has 0 aliphatic heterocycles. The lowest BCUT2D eigenvalue weighted by molar-refractivity contribution is 0.0370. The minimum absolute atomic E-state index is 0.256. The minimum atomic E-state index is -1.04. The van der Waals surface area contributed by atoms with Gasteiger partial charge in [-0.1, -0.05) is 11.6 Å². The van der Waals surface area contributed by atoms with E-state index in [1.165, 1.54) is 18.7 Å². The molecule has 2 heterocycles. The molecule has 0 saturated carbocycles. The second kappa shape index (κ2) is 3.91. The smallest absolute Gasteiger partial charge is 0.166 e. The Kier molecular flexibility index (Phi) is 2.47. The van der Waals surface area contributed by atoms with E-state index < -0.39 is 18.2 Å². The molecule has 3 unspecified atom stereocenters. The standard InChI is InChI=1S/C10H10ClN5O2/c11-4-1-5(17)8(18)7(4)16-3-15-6-9(12)13-2-14-10(6)16/h1-3,5,7-8,17-18H,(H2,12,13,14). The molecule has 1 aliphatic carbocycles. The summed E-state index contributed by atoms with van der Waals surface area (Å²) in [4.78, 5) is 12.0. The fourth-order valence-electron chi connectivity index (χ4n) is 2.08. The minimum Gasteiger partial charge on any atom is -0.388 e. The van der Waals surface area contributed by atoms with Crippen LogP contribution in [0.25, 0.3) is 11.2 Å². The maximum absolute atomic E-state index is 9.92. The van der Waals surface area contributed by atoms with E-state index in [2.05, 4.69) is 15.0 Å². The molecule has 0 amide bonds. The Bertz CT molecular complexity index is 640. The molecule has 2 aromatic rings. The van der Waals surface area contributed by atoms with Crippen LogP contribution in [0.3, 0.4) is 0 Å². The van der Waals surface area contributed by atoms with Crippen LogP contribution in [0.5, 0.6) is 0 Å². The average molecular weight is 268 g/mol. The zero-order chi connectivity index (χ0) is 12.9. The van der Waals surface area contributed by atoms with Crippen LogP contribution in [0.4, 0.5) is 5.82 Å². The number of nitrogens with zero attached hydrogens (tertiary/aromatic N) is 4. The fraction of sp³-hybridized carbons (Fsp3) is 0.300. The molecule has 0 fully saturated rings. The zero-order valence-electron chi connectivity index (χ0n) is 9.10. The number of aliphatic hydroxyl groups is 2. The normalized spacial score (nSPS) is 27.7. The van der Waals surface area contributed by atoms with Crippen molar-refractivity contribution >= 4 is 28.6 Å². The zero-order valence-corrected chi connectivity index (χ0v) is 9.86. The van der Waals surface area contributed by atoms with Gasteiger partial charge < -0.3 is 20.5 Å². The van der Waals surface area contributed by atoms with E-state index in [1.807, 2.05) is 0 Å². The van der Waals surface area contributed by atoms with Crippen LogP contribution in [0.1, 0.15) is 6.04 Å². The number of aliphatic hydroxyl groups excluding tert-OH is 2. The molecule has 3 rings (SSSR count). The molecule has 0 radical (unpaired) electrons. The molecular formula is C10H10ClN5O2.